The van der Waals surface area contributed by atoms with Crippen LogP contribution in [0.1, 0.15) is 19.8 Å². The SMILES string of the molecule is CCCOc1cc(N(C)CCC#N)ccc1[N+](=O)[O-]. The molecule has 1 aromatic carbocycles. The molecular formula is C13H17N3O3. The lowest BCUT2D eigenvalue weighted by Gasteiger charge is -2.18. The van der Waals surface area contributed by atoms with Crippen LogP contribution in [0.25, 0.3) is 0 Å². The Morgan fingerprint density at radius 1 is 1.53 bits per heavy atom. The van der Waals surface area contributed by atoms with Crippen molar-refractivity contribution >= 4 is 11.4 Å². The van der Waals surface area contributed by atoms with E-state index in [1.165, 1.54) is 6.07 Å². The third-order valence-electron chi connectivity index (χ3n) is 2.60. The topological polar surface area (TPSA) is 79.4 Å². The average molecular weight is 263 g/mol. The van der Waals surface area contributed by atoms with Gasteiger partial charge in [0, 0.05) is 31.4 Å². The van der Waals surface area contributed by atoms with Gasteiger partial charge in [-0.15, -0.1) is 0 Å². The van der Waals surface area contributed by atoms with Crippen molar-refractivity contribution in [3.63, 3.8) is 0 Å². The van der Waals surface area contributed by atoms with E-state index in [0.717, 1.165) is 12.1 Å². The fourth-order valence-corrected chi connectivity index (χ4v) is 1.57. The van der Waals surface area contributed by atoms with Crippen LogP contribution in [0, 0.1) is 21.4 Å². The zero-order valence-electron chi connectivity index (χ0n) is 11.1. The zero-order chi connectivity index (χ0) is 14.3. The van der Waals surface area contributed by atoms with E-state index >= 15 is 0 Å². The Morgan fingerprint density at radius 2 is 2.26 bits per heavy atom. The Hall–Kier alpha value is -2.29. The molecule has 0 unspecified atom stereocenters. The second-order valence-electron chi connectivity index (χ2n) is 4.09. The second-order valence-corrected chi connectivity index (χ2v) is 4.09. The summed E-state index contributed by atoms with van der Waals surface area (Å²) >= 11 is 0. The molecule has 102 valence electrons. The van der Waals surface area contributed by atoms with Gasteiger partial charge in [0.15, 0.2) is 5.75 Å². The van der Waals surface area contributed by atoms with Crippen LogP contribution >= 0.6 is 0 Å². The first-order valence-electron chi connectivity index (χ1n) is 6.09. The molecule has 0 bridgehead atoms. The van der Waals surface area contributed by atoms with Crippen LogP contribution in [0.4, 0.5) is 11.4 Å². The van der Waals surface area contributed by atoms with E-state index in [1.54, 1.807) is 12.1 Å². The monoisotopic (exact) mass is 263 g/mol. The molecule has 0 spiro atoms. The van der Waals surface area contributed by atoms with Crippen LogP contribution in [0.5, 0.6) is 5.75 Å². The summed E-state index contributed by atoms with van der Waals surface area (Å²) in [6, 6.07) is 6.80. The van der Waals surface area contributed by atoms with E-state index in [2.05, 4.69) is 6.07 Å². The van der Waals surface area contributed by atoms with Gasteiger partial charge < -0.3 is 9.64 Å². The number of hydrogen-bond acceptors (Lipinski definition) is 5. The summed E-state index contributed by atoms with van der Waals surface area (Å²) < 4.78 is 5.41. The number of anilines is 1. The van der Waals surface area contributed by atoms with E-state index in [4.69, 9.17) is 10.00 Å². The molecule has 0 saturated heterocycles. The van der Waals surface area contributed by atoms with Crippen LogP contribution in [-0.2, 0) is 0 Å². The fraction of sp³-hybridized carbons (Fsp3) is 0.462. The molecular weight excluding hydrogens is 246 g/mol. The van der Waals surface area contributed by atoms with Gasteiger partial charge in [0.25, 0.3) is 0 Å². The van der Waals surface area contributed by atoms with Crippen LogP contribution < -0.4 is 9.64 Å². The van der Waals surface area contributed by atoms with Gasteiger partial charge in [-0.25, -0.2) is 0 Å². The van der Waals surface area contributed by atoms with E-state index in [-0.39, 0.29) is 11.4 Å². The van der Waals surface area contributed by atoms with Crippen molar-refractivity contribution in [3.05, 3.63) is 28.3 Å². The minimum atomic E-state index is -0.454. The molecule has 0 N–H and O–H groups in total. The Balaban J connectivity index is 2.97. The van der Waals surface area contributed by atoms with Gasteiger partial charge in [-0.3, -0.25) is 10.1 Å². The summed E-state index contributed by atoms with van der Waals surface area (Å²) in [5.74, 6) is 0.271. The van der Waals surface area contributed by atoms with Crippen molar-refractivity contribution in [2.75, 3.05) is 25.1 Å². The minimum absolute atomic E-state index is 0.0362. The summed E-state index contributed by atoms with van der Waals surface area (Å²) in [4.78, 5) is 12.3. The molecule has 0 aromatic heterocycles. The number of ether oxygens (including phenoxy) is 1. The number of hydrogen-bond donors (Lipinski definition) is 0. The molecule has 0 aliphatic carbocycles. The molecule has 1 aromatic rings. The molecule has 6 heteroatoms. The summed E-state index contributed by atoms with van der Waals surface area (Å²) in [5.41, 5.74) is 0.762. The number of benzene rings is 1. The van der Waals surface area contributed by atoms with E-state index in [9.17, 15) is 10.1 Å². The summed E-state index contributed by atoms with van der Waals surface area (Å²) in [6.45, 7) is 2.95. The number of nitriles is 1. The quantitative estimate of drug-likeness (QED) is 0.558. The smallest absolute Gasteiger partial charge is 0.311 e. The predicted octanol–water partition coefficient (Wildman–Crippen LogP) is 2.73. The fourth-order valence-electron chi connectivity index (χ4n) is 1.57. The first kappa shape index (κ1) is 14.8. The molecule has 0 aliphatic rings. The van der Waals surface area contributed by atoms with Crippen molar-refractivity contribution in [2.24, 2.45) is 0 Å². The van der Waals surface area contributed by atoms with Gasteiger partial charge in [0.1, 0.15) is 0 Å². The van der Waals surface area contributed by atoms with Crippen molar-refractivity contribution in [2.45, 2.75) is 19.8 Å². The van der Waals surface area contributed by atoms with Gasteiger partial charge in [-0.05, 0) is 12.5 Å². The molecule has 0 heterocycles. The molecule has 0 aliphatic heterocycles. The number of nitrogens with zero attached hydrogens (tertiary/aromatic N) is 3. The number of nitro benzene ring substituents is 1. The maximum absolute atomic E-state index is 10.9. The van der Waals surface area contributed by atoms with Crippen molar-refractivity contribution in [3.8, 4) is 11.8 Å². The molecule has 19 heavy (non-hydrogen) atoms. The Bertz CT molecular complexity index is 483. The van der Waals surface area contributed by atoms with Crippen LogP contribution in [0.3, 0.4) is 0 Å². The molecule has 0 atom stereocenters. The Kier molecular flexibility index (Phi) is 5.61. The lowest BCUT2D eigenvalue weighted by molar-refractivity contribution is -0.385. The maximum atomic E-state index is 10.9. The third kappa shape index (κ3) is 4.14. The molecule has 0 fully saturated rings. The van der Waals surface area contributed by atoms with Crippen molar-refractivity contribution in [1.29, 1.82) is 5.26 Å². The predicted molar refractivity (Wildman–Crippen MR) is 72.4 cm³/mol. The summed E-state index contributed by atoms with van der Waals surface area (Å²) in [5, 5.41) is 19.5. The molecule has 0 amide bonds. The third-order valence-corrected chi connectivity index (χ3v) is 2.60. The zero-order valence-corrected chi connectivity index (χ0v) is 11.1. The van der Waals surface area contributed by atoms with Gasteiger partial charge in [-0.1, -0.05) is 6.92 Å². The molecule has 6 nitrogen and oxygen atoms in total. The number of nitro groups is 1. The van der Waals surface area contributed by atoms with Gasteiger partial charge >= 0.3 is 5.69 Å². The second kappa shape index (κ2) is 7.21. The van der Waals surface area contributed by atoms with E-state index in [1.807, 2.05) is 18.9 Å². The first-order chi connectivity index (χ1) is 9.10. The highest BCUT2D eigenvalue weighted by molar-refractivity contribution is 5.59. The summed E-state index contributed by atoms with van der Waals surface area (Å²) in [6.07, 6.45) is 1.18. The Morgan fingerprint density at radius 3 is 2.84 bits per heavy atom. The highest BCUT2D eigenvalue weighted by atomic mass is 16.6. The Labute approximate surface area is 112 Å². The largest absolute Gasteiger partial charge is 0.487 e. The summed E-state index contributed by atoms with van der Waals surface area (Å²) in [7, 11) is 1.84. The number of rotatable bonds is 7. The lowest BCUT2D eigenvalue weighted by atomic mass is 10.2. The lowest BCUT2D eigenvalue weighted by Crippen LogP contribution is -2.18. The highest BCUT2D eigenvalue weighted by Crippen LogP contribution is 2.31. The molecule has 1 rings (SSSR count). The standard InChI is InChI=1S/C13H17N3O3/c1-3-9-19-13-10-11(15(2)8-4-7-14)5-6-12(13)16(17)18/h5-6,10H,3-4,8-9H2,1-2H3. The average Bonchev–Trinajstić information content (AvgIpc) is 2.41. The van der Waals surface area contributed by atoms with Gasteiger partial charge in [-0.2, -0.15) is 5.26 Å². The van der Waals surface area contributed by atoms with Crippen LogP contribution in [-0.4, -0.2) is 25.1 Å². The molecule has 0 saturated carbocycles. The van der Waals surface area contributed by atoms with Crippen LogP contribution in [0.15, 0.2) is 18.2 Å². The first-order valence-corrected chi connectivity index (χ1v) is 6.09. The van der Waals surface area contributed by atoms with Crippen molar-refractivity contribution < 1.29 is 9.66 Å². The molecule has 0 radical (unpaired) electrons. The van der Waals surface area contributed by atoms with E-state index in [0.29, 0.717) is 19.6 Å². The van der Waals surface area contributed by atoms with Crippen LogP contribution in [0.2, 0.25) is 0 Å². The van der Waals surface area contributed by atoms with E-state index < -0.39 is 4.92 Å². The maximum Gasteiger partial charge on any atom is 0.311 e. The van der Waals surface area contributed by atoms with Gasteiger partial charge in [0.2, 0.25) is 0 Å². The highest BCUT2D eigenvalue weighted by Gasteiger charge is 2.16. The van der Waals surface area contributed by atoms with Crippen molar-refractivity contribution in [1.82, 2.24) is 0 Å². The minimum Gasteiger partial charge on any atom is -0.487 e. The normalized spacial score (nSPS) is 9.74. The van der Waals surface area contributed by atoms with Gasteiger partial charge in [0.05, 0.1) is 24.0 Å².